The number of nitrogens with one attached hydrogen (secondary N) is 1. The van der Waals surface area contributed by atoms with Crippen LogP contribution in [0.15, 0.2) is 54.6 Å². The number of hydrogen-bond acceptors (Lipinski definition) is 3. The third kappa shape index (κ3) is 7.13. The molecule has 0 aliphatic rings. The van der Waals surface area contributed by atoms with Crippen molar-refractivity contribution in [2.75, 3.05) is 6.61 Å². The van der Waals surface area contributed by atoms with Gasteiger partial charge in [-0.05, 0) is 35.6 Å². The maximum Gasteiger partial charge on any atom is 0.326 e. The number of aliphatic carboxylic acids is 1. The highest BCUT2D eigenvalue weighted by molar-refractivity contribution is 5.83. The summed E-state index contributed by atoms with van der Waals surface area (Å²) < 4.78 is 5.64. The quantitative estimate of drug-likeness (QED) is 0.625. The molecule has 2 N–H and O–H groups in total. The minimum atomic E-state index is -1.03. The van der Waals surface area contributed by atoms with Crippen LogP contribution in [0.25, 0.3) is 0 Å². The summed E-state index contributed by atoms with van der Waals surface area (Å²) in [5.74, 6) is -0.0705. The van der Waals surface area contributed by atoms with Gasteiger partial charge in [0.25, 0.3) is 0 Å². The molecular weight excluding hydrogens is 342 g/mol. The van der Waals surface area contributed by atoms with Crippen LogP contribution in [0.2, 0.25) is 0 Å². The zero-order valence-electron chi connectivity index (χ0n) is 15.9. The Balaban J connectivity index is 1.73. The molecule has 0 heterocycles. The van der Waals surface area contributed by atoms with Gasteiger partial charge >= 0.3 is 5.97 Å². The summed E-state index contributed by atoms with van der Waals surface area (Å²) in [5, 5.41) is 11.9. The van der Waals surface area contributed by atoms with Gasteiger partial charge in [-0.1, -0.05) is 56.3 Å². The van der Waals surface area contributed by atoms with E-state index in [1.807, 2.05) is 54.6 Å². The Morgan fingerprint density at radius 3 is 2.30 bits per heavy atom. The van der Waals surface area contributed by atoms with Crippen LogP contribution in [0.1, 0.15) is 43.7 Å². The van der Waals surface area contributed by atoms with Gasteiger partial charge in [0, 0.05) is 12.8 Å². The van der Waals surface area contributed by atoms with Crippen molar-refractivity contribution in [3.63, 3.8) is 0 Å². The monoisotopic (exact) mass is 369 g/mol. The zero-order chi connectivity index (χ0) is 19.6. The van der Waals surface area contributed by atoms with Crippen molar-refractivity contribution in [1.82, 2.24) is 5.32 Å². The average Bonchev–Trinajstić information content (AvgIpc) is 2.66. The van der Waals surface area contributed by atoms with Crippen molar-refractivity contribution in [3.8, 4) is 5.75 Å². The molecule has 0 aromatic heterocycles. The topological polar surface area (TPSA) is 75.6 Å². The van der Waals surface area contributed by atoms with Crippen LogP contribution in [0.5, 0.6) is 5.75 Å². The third-order valence-electron chi connectivity index (χ3n) is 4.28. The van der Waals surface area contributed by atoms with Crippen molar-refractivity contribution in [2.24, 2.45) is 0 Å². The molecule has 0 aliphatic heterocycles. The van der Waals surface area contributed by atoms with Gasteiger partial charge in [0.15, 0.2) is 0 Å². The molecular formula is C22H27NO4. The molecule has 27 heavy (non-hydrogen) atoms. The molecule has 0 spiro atoms. The zero-order valence-corrected chi connectivity index (χ0v) is 15.9. The first-order chi connectivity index (χ1) is 13.0. The van der Waals surface area contributed by atoms with Crippen LogP contribution in [0, 0.1) is 0 Å². The first-order valence-corrected chi connectivity index (χ1v) is 9.24. The maximum absolute atomic E-state index is 12.0. The summed E-state index contributed by atoms with van der Waals surface area (Å²) in [6, 6.07) is 16.3. The second kappa shape index (κ2) is 10.4. The Morgan fingerprint density at radius 1 is 1.04 bits per heavy atom. The lowest BCUT2D eigenvalue weighted by Gasteiger charge is -2.15. The number of hydrogen-bond donors (Lipinski definition) is 2. The maximum atomic E-state index is 12.0. The van der Waals surface area contributed by atoms with Crippen LogP contribution in [-0.4, -0.2) is 29.6 Å². The number of rotatable bonds is 10. The molecule has 5 heteroatoms. The third-order valence-corrected chi connectivity index (χ3v) is 4.28. The second-order valence-electron chi connectivity index (χ2n) is 6.82. The van der Waals surface area contributed by atoms with E-state index < -0.39 is 12.0 Å². The van der Waals surface area contributed by atoms with Crippen molar-refractivity contribution in [1.29, 1.82) is 0 Å². The molecule has 2 aromatic rings. The standard InChI is InChI=1S/C22H27NO4/c1-16(2)18-10-12-19(13-11-18)27-14-6-9-21(24)23-20(22(25)26)15-17-7-4-3-5-8-17/h3-5,7-8,10-13,16,20H,6,9,14-15H2,1-2H3,(H,23,24)(H,25,26). The smallest absolute Gasteiger partial charge is 0.326 e. The van der Waals surface area contributed by atoms with Gasteiger partial charge in [0.2, 0.25) is 5.91 Å². The number of carboxylic acid groups (broad SMARTS) is 1. The molecule has 2 rings (SSSR count). The van der Waals surface area contributed by atoms with E-state index in [0.29, 0.717) is 18.9 Å². The van der Waals surface area contributed by atoms with E-state index in [1.165, 1.54) is 5.56 Å². The summed E-state index contributed by atoms with van der Waals surface area (Å²) in [5.41, 5.74) is 2.12. The molecule has 1 amide bonds. The highest BCUT2D eigenvalue weighted by atomic mass is 16.5. The molecule has 0 radical (unpaired) electrons. The molecule has 1 atom stereocenters. The van der Waals surface area contributed by atoms with E-state index >= 15 is 0 Å². The fourth-order valence-electron chi connectivity index (χ4n) is 2.69. The van der Waals surface area contributed by atoms with E-state index in [9.17, 15) is 14.7 Å². The van der Waals surface area contributed by atoms with Crippen molar-refractivity contribution >= 4 is 11.9 Å². The van der Waals surface area contributed by atoms with Gasteiger partial charge in [-0.2, -0.15) is 0 Å². The number of amides is 1. The van der Waals surface area contributed by atoms with Crippen LogP contribution in [0.3, 0.4) is 0 Å². The molecule has 0 saturated carbocycles. The second-order valence-corrected chi connectivity index (χ2v) is 6.82. The highest BCUT2D eigenvalue weighted by Gasteiger charge is 2.20. The van der Waals surface area contributed by atoms with Gasteiger partial charge in [-0.3, -0.25) is 4.79 Å². The highest BCUT2D eigenvalue weighted by Crippen LogP contribution is 2.18. The Hall–Kier alpha value is -2.82. The van der Waals surface area contributed by atoms with Gasteiger partial charge < -0.3 is 15.2 Å². The number of carbonyl (C=O) groups excluding carboxylic acids is 1. The molecule has 2 aromatic carbocycles. The largest absolute Gasteiger partial charge is 0.494 e. The summed E-state index contributed by atoms with van der Waals surface area (Å²) in [4.78, 5) is 23.4. The van der Waals surface area contributed by atoms with Gasteiger partial charge in [0.1, 0.15) is 11.8 Å². The molecule has 144 valence electrons. The van der Waals surface area contributed by atoms with Gasteiger partial charge in [-0.25, -0.2) is 4.79 Å². The van der Waals surface area contributed by atoms with Crippen LogP contribution < -0.4 is 10.1 Å². The minimum absolute atomic E-state index is 0.225. The lowest BCUT2D eigenvalue weighted by molar-refractivity contribution is -0.141. The van der Waals surface area contributed by atoms with E-state index in [1.54, 1.807) is 0 Å². The van der Waals surface area contributed by atoms with E-state index in [4.69, 9.17) is 4.74 Å². The Morgan fingerprint density at radius 2 is 1.70 bits per heavy atom. The lowest BCUT2D eigenvalue weighted by atomic mass is 10.0. The predicted octanol–water partition coefficient (Wildman–Crippen LogP) is 3.78. The molecule has 0 aliphatic carbocycles. The number of ether oxygens (including phenoxy) is 1. The Labute approximate surface area is 160 Å². The van der Waals surface area contributed by atoms with Crippen LogP contribution in [0.4, 0.5) is 0 Å². The van der Waals surface area contributed by atoms with Gasteiger partial charge in [-0.15, -0.1) is 0 Å². The predicted molar refractivity (Wildman–Crippen MR) is 105 cm³/mol. The van der Waals surface area contributed by atoms with Crippen molar-refractivity contribution in [3.05, 3.63) is 65.7 Å². The molecule has 5 nitrogen and oxygen atoms in total. The number of benzene rings is 2. The fourth-order valence-corrected chi connectivity index (χ4v) is 2.69. The SMILES string of the molecule is CC(C)c1ccc(OCCCC(=O)NC(Cc2ccccc2)C(=O)O)cc1. The number of carbonyl (C=O) groups is 2. The van der Waals surface area contributed by atoms with Crippen LogP contribution in [-0.2, 0) is 16.0 Å². The Kier molecular flexibility index (Phi) is 7.86. The first-order valence-electron chi connectivity index (χ1n) is 9.24. The summed E-state index contributed by atoms with van der Waals surface area (Å²) in [7, 11) is 0. The lowest BCUT2D eigenvalue weighted by Crippen LogP contribution is -2.42. The normalized spacial score (nSPS) is 11.8. The van der Waals surface area contributed by atoms with E-state index in [0.717, 1.165) is 11.3 Å². The summed E-state index contributed by atoms with van der Waals surface area (Å²) in [6.07, 6.45) is 1.01. The van der Waals surface area contributed by atoms with Gasteiger partial charge in [0.05, 0.1) is 6.61 Å². The van der Waals surface area contributed by atoms with Crippen LogP contribution >= 0.6 is 0 Å². The molecule has 1 unspecified atom stereocenters. The molecule has 0 saturated heterocycles. The average molecular weight is 369 g/mol. The summed E-state index contributed by atoms with van der Waals surface area (Å²) >= 11 is 0. The number of carboxylic acids is 1. The molecule has 0 bridgehead atoms. The first kappa shape index (κ1) is 20.5. The summed E-state index contributed by atoms with van der Waals surface area (Å²) in [6.45, 7) is 4.68. The van der Waals surface area contributed by atoms with E-state index in [-0.39, 0.29) is 18.7 Å². The van der Waals surface area contributed by atoms with E-state index in [2.05, 4.69) is 19.2 Å². The Bertz CT molecular complexity index is 726. The molecule has 0 fully saturated rings. The minimum Gasteiger partial charge on any atom is -0.494 e. The van der Waals surface area contributed by atoms with Crippen molar-refractivity contribution in [2.45, 2.75) is 45.1 Å². The fraction of sp³-hybridized carbons (Fsp3) is 0.364. The van der Waals surface area contributed by atoms with Crippen molar-refractivity contribution < 1.29 is 19.4 Å².